The molecule has 0 aromatic heterocycles. The Balaban J connectivity index is 2.85. The van der Waals surface area contributed by atoms with E-state index in [0.717, 1.165) is 6.92 Å². The van der Waals surface area contributed by atoms with Gasteiger partial charge < -0.3 is 5.73 Å². The first-order chi connectivity index (χ1) is 4.21. The van der Waals surface area contributed by atoms with Gasteiger partial charge in [-0.2, -0.15) is 0 Å². The van der Waals surface area contributed by atoms with Crippen LogP contribution in [0.25, 0.3) is 0 Å². The van der Waals surface area contributed by atoms with E-state index in [1.807, 2.05) is 0 Å². The number of nitrogens with two attached hydrogens (primary N) is 1. The molecule has 0 aromatic carbocycles. The minimum atomic E-state index is -3.47. The fourth-order valence-electron chi connectivity index (χ4n) is 0.994. The van der Waals surface area contributed by atoms with Gasteiger partial charge in [-0.15, -0.1) is 0 Å². The van der Waals surface area contributed by atoms with Gasteiger partial charge in [0.2, 0.25) is 0 Å². The van der Waals surface area contributed by atoms with Gasteiger partial charge >= 0.3 is 0 Å². The van der Waals surface area contributed by atoms with E-state index in [4.69, 9.17) is 17.3 Å². The van der Waals surface area contributed by atoms with Gasteiger partial charge in [-0.05, 0) is 6.92 Å². The molecular formula is C5H7ClF3N. The van der Waals surface area contributed by atoms with Crippen LogP contribution in [0.2, 0.25) is 0 Å². The summed E-state index contributed by atoms with van der Waals surface area (Å²) in [5.41, 5.74) is 3.49. The Labute approximate surface area is 61.3 Å². The van der Waals surface area contributed by atoms with Gasteiger partial charge in [-0.25, -0.2) is 13.2 Å². The molecular weight excluding hydrogens is 167 g/mol. The summed E-state index contributed by atoms with van der Waals surface area (Å²) in [5.74, 6) is -3.47. The molecule has 60 valence electrons. The van der Waals surface area contributed by atoms with E-state index in [0.29, 0.717) is 0 Å². The highest BCUT2D eigenvalue weighted by atomic mass is 35.5. The SMILES string of the molecule is CC1(N)CC(F)(F)C1(F)Cl. The number of hydrogen-bond acceptors (Lipinski definition) is 1. The van der Waals surface area contributed by atoms with E-state index in [9.17, 15) is 13.2 Å². The minimum Gasteiger partial charge on any atom is -0.321 e. The fourth-order valence-corrected chi connectivity index (χ4v) is 1.13. The summed E-state index contributed by atoms with van der Waals surface area (Å²) < 4.78 is 37.1. The second-order valence-corrected chi connectivity index (χ2v) is 3.39. The van der Waals surface area contributed by atoms with Crippen molar-refractivity contribution in [2.75, 3.05) is 0 Å². The van der Waals surface area contributed by atoms with Crippen LogP contribution in [-0.4, -0.2) is 16.6 Å². The number of alkyl halides is 4. The lowest BCUT2D eigenvalue weighted by Gasteiger charge is -2.51. The largest absolute Gasteiger partial charge is 0.321 e. The quantitative estimate of drug-likeness (QED) is 0.554. The molecule has 5 heteroatoms. The third-order valence-electron chi connectivity index (χ3n) is 1.77. The van der Waals surface area contributed by atoms with Gasteiger partial charge in [0.05, 0.1) is 5.54 Å². The summed E-state index contributed by atoms with van der Waals surface area (Å²) >= 11 is 4.85. The molecule has 1 aliphatic carbocycles. The molecule has 0 radical (unpaired) electrons. The van der Waals surface area contributed by atoms with Gasteiger partial charge in [0.25, 0.3) is 11.1 Å². The topological polar surface area (TPSA) is 26.0 Å². The normalized spacial score (nSPS) is 52.2. The number of halogens is 4. The molecule has 1 rings (SSSR count). The van der Waals surface area contributed by atoms with E-state index in [1.54, 1.807) is 0 Å². The molecule has 0 spiro atoms. The van der Waals surface area contributed by atoms with E-state index < -0.39 is 23.0 Å². The molecule has 1 saturated carbocycles. The van der Waals surface area contributed by atoms with Crippen molar-refractivity contribution >= 4 is 11.6 Å². The second kappa shape index (κ2) is 1.61. The Morgan fingerprint density at radius 3 is 1.80 bits per heavy atom. The van der Waals surface area contributed by atoms with Crippen molar-refractivity contribution in [3.8, 4) is 0 Å². The first-order valence-electron chi connectivity index (χ1n) is 2.75. The number of rotatable bonds is 0. The van der Waals surface area contributed by atoms with Gasteiger partial charge in [0.1, 0.15) is 0 Å². The maximum Gasteiger partial charge on any atom is 0.299 e. The summed E-state index contributed by atoms with van der Waals surface area (Å²) in [6.07, 6.45) is -0.694. The van der Waals surface area contributed by atoms with Gasteiger partial charge in [0, 0.05) is 6.42 Å². The van der Waals surface area contributed by atoms with Crippen LogP contribution in [0, 0.1) is 0 Å². The average molecular weight is 174 g/mol. The predicted octanol–water partition coefficient (Wildman–Crippen LogP) is 1.65. The Morgan fingerprint density at radius 2 is 1.80 bits per heavy atom. The van der Waals surface area contributed by atoms with Gasteiger partial charge in [-0.1, -0.05) is 11.6 Å². The van der Waals surface area contributed by atoms with Crippen LogP contribution in [0.15, 0.2) is 0 Å². The molecule has 2 N–H and O–H groups in total. The summed E-state index contributed by atoms with van der Waals surface area (Å²) in [4.78, 5) is 0. The minimum absolute atomic E-state index is 0.694. The van der Waals surface area contributed by atoms with E-state index >= 15 is 0 Å². The molecule has 1 aliphatic rings. The van der Waals surface area contributed by atoms with Crippen LogP contribution < -0.4 is 5.73 Å². The van der Waals surface area contributed by atoms with Crippen molar-refractivity contribution in [2.24, 2.45) is 5.73 Å². The Hall–Kier alpha value is 0.0400. The van der Waals surface area contributed by atoms with Crippen molar-refractivity contribution < 1.29 is 13.2 Å². The highest BCUT2D eigenvalue weighted by molar-refractivity contribution is 6.25. The Morgan fingerprint density at radius 1 is 1.40 bits per heavy atom. The van der Waals surface area contributed by atoms with Gasteiger partial charge in [-0.3, -0.25) is 0 Å². The molecule has 0 aliphatic heterocycles. The van der Waals surface area contributed by atoms with Crippen LogP contribution in [0.1, 0.15) is 13.3 Å². The third kappa shape index (κ3) is 0.689. The smallest absolute Gasteiger partial charge is 0.299 e. The van der Waals surface area contributed by atoms with Crippen LogP contribution in [0.3, 0.4) is 0 Å². The lowest BCUT2D eigenvalue weighted by Crippen LogP contribution is -2.73. The van der Waals surface area contributed by atoms with E-state index in [-0.39, 0.29) is 0 Å². The molecule has 0 bridgehead atoms. The summed E-state index contributed by atoms with van der Waals surface area (Å²) in [5, 5.41) is -3.07. The average Bonchev–Trinajstić information content (AvgIpc) is 1.61. The molecule has 1 nitrogen and oxygen atoms in total. The van der Waals surface area contributed by atoms with Crippen molar-refractivity contribution in [2.45, 2.75) is 29.9 Å². The highest BCUT2D eigenvalue weighted by Crippen LogP contribution is 2.57. The van der Waals surface area contributed by atoms with E-state index in [1.165, 1.54) is 0 Å². The van der Waals surface area contributed by atoms with Gasteiger partial charge in [0.15, 0.2) is 0 Å². The van der Waals surface area contributed by atoms with E-state index in [2.05, 4.69) is 0 Å². The van der Waals surface area contributed by atoms with Crippen LogP contribution in [0.5, 0.6) is 0 Å². The molecule has 0 amide bonds. The predicted molar refractivity (Wildman–Crippen MR) is 31.8 cm³/mol. The molecule has 1 fully saturated rings. The molecule has 2 atom stereocenters. The maximum absolute atomic E-state index is 12.7. The lowest BCUT2D eigenvalue weighted by atomic mass is 9.73. The molecule has 0 heterocycles. The zero-order valence-corrected chi connectivity index (χ0v) is 6.05. The zero-order valence-electron chi connectivity index (χ0n) is 5.30. The maximum atomic E-state index is 12.7. The van der Waals surface area contributed by atoms with Crippen molar-refractivity contribution in [3.05, 3.63) is 0 Å². The van der Waals surface area contributed by atoms with Crippen molar-refractivity contribution in [1.82, 2.24) is 0 Å². The standard InChI is InChI=1S/C5H7ClF3N/c1-3(10)2-4(7,8)5(3,6)9/h2,10H2,1H3. The monoisotopic (exact) mass is 173 g/mol. The fraction of sp³-hybridized carbons (Fsp3) is 1.00. The number of hydrogen-bond donors (Lipinski definition) is 1. The third-order valence-corrected chi connectivity index (χ3v) is 2.47. The zero-order chi connectivity index (χ0) is 8.21. The molecule has 0 saturated heterocycles. The lowest BCUT2D eigenvalue weighted by molar-refractivity contribution is -0.212. The van der Waals surface area contributed by atoms with Crippen LogP contribution in [0.4, 0.5) is 13.2 Å². The first-order valence-corrected chi connectivity index (χ1v) is 3.13. The summed E-state index contributed by atoms with van der Waals surface area (Å²) in [7, 11) is 0. The van der Waals surface area contributed by atoms with Crippen molar-refractivity contribution in [1.29, 1.82) is 0 Å². The molecule has 0 aromatic rings. The Kier molecular flexibility index (Phi) is 1.31. The van der Waals surface area contributed by atoms with Crippen LogP contribution in [-0.2, 0) is 0 Å². The second-order valence-electron chi connectivity index (χ2n) is 2.87. The van der Waals surface area contributed by atoms with Crippen LogP contribution >= 0.6 is 11.6 Å². The highest BCUT2D eigenvalue weighted by Gasteiger charge is 2.74. The molecule has 2 unspecified atom stereocenters. The summed E-state index contributed by atoms with van der Waals surface area (Å²) in [6, 6.07) is 0. The first kappa shape index (κ1) is 8.14. The summed E-state index contributed by atoms with van der Waals surface area (Å²) in [6.45, 7) is 1.16. The molecule has 10 heavy (non-hydrogen) atoms. The van der Waals surface area contributed by atoms with Crippen molar-refractivity contribution in [3.63, 3.8) is 0 Å². The Bertz CT molecular complexity index is 150.